The summed E-state index contributed by atoms with van der Waals surface area (Å²) in [6.45, 7) is 20.8. The van der Waals surface area contributed by atoms with Gasteiger partial charge in [-0.05, 0) is 93.2 Å². The maximum absolute atomic E-state index is 14.6. The van der Waals surface area contributed by atoms with Gasteiger partial charge in [0, 0.05) is 56.3 Å². The number of rotatable bonds is 6. The first kappa shape index (κ1) is 35.8. The first-order chi connectivity index (χ1) is 23.0. The number of imidazole rings is 1. The number of piperazine rings is 1. The number of anilines is 1. The number of amides is 2. The van der Waals surface area contributed by atoms with Gasteiger partial charge in [-0.25, -0.2) is 14.2 Å². The summed E-state index contributed by atoms with van der Waals surface area (Å²) < 4.78 is 28.2. The molecule has 6 rings (SSSR count). The van der Waals surface area contributed by atoms with Crippen LogP contribution in [0.2, 0.25) is 0 Å². The SMILES string of the molecule is Cc1nc(Br)c2c(Cc3ccc(F)cc3)cc3c(n12)C(C)(C)CN3C(=O)CN1C[C@@H](C)N(C(=O)OC(C)(C)C)C[C@@H]1CN1CCOC[C@H]1C. The fraction of sp³-hybridized carbons (Fsp3) is 0.595. The van der Waals surface area contributed by atoms with Crippen LogP contribution in [-0.4, -0.2) is 112 Å². The number of hydrogen-bond donors (Lipinski definition) is 0. The van der Waals surface area contributed by atoms with Crippen LogP contribution in [0, 0.1) is 12.7 Å². The lowest BCUT2D eigenvalue weighted by Gasteiger charge is -2.47. The summed E-state index contributed by atoms with van der Waals surface area (Å²) in [5.74, 6) is 0.590. The van der Waals surface area contributed by atoms with Gasteiger partial charge in [0.2, 0.25) is 5.91 Å². The van der Waals surface area contributed by atoms with Crippen LogP contribution in [0.3, 0.4) is 0 Å². The molecule has 2 saturated heterocycles. The third-order valence-corrected chi connectivity index (χ3v) is 10.6. The lowest BCUT2D eigenvalue weighted by atomic mass is 9.90. The van der Waals surface area contributed by atoms with Crippen LogP contribution >= 0.6 is 15.9 Å². The number of hydrogen-bond acceptors (Lipinski definition) is 7. The van der Waals surface area contributed by atoms with Crippen LogP contribution < -0.4 is 4.90 Å². The molecule has 3 aliphatic heterocycles. The standard InChI is InChI=1S/C37H50BrFN6O4/c1-23-17-42(29(18-41-13-14-48-21-24(41)2)19-43(23)35(47)49-36(4,5)6)20-31(46)44-22-37(7,8)33-30(44)16-27(15-26-9-11-28(39)12-10-26)32-34(38)40-25(3)45(32)33/h9-12,16,23-24,29H,13-15,17-22H2,1-8H3/t23-,24-,29+/m1/s1. The van der Waals surface area contributed by atoms with E-state index < -0.39 is 5.60 Å². The van der Waals surface area contributed by atoms with Gasteiger partial charge in [0.25, 0.3) is 0 Å². The molecule has 0 saturated carbocycles. The highest BCUT2D eigenvalue weighted by Gasteiger charge is 2.44. The molecule has 2 aromatic heterocycles. The van der Waals surface area contributed by atoms with Crippen molar-refractivity contribution >= 4 is 39.1 Å². The summed E-state index contributed by atoms with van der Waals surface area (Å²) in [5.41, 5.74) is 3.94. The molecule has 3 aliphatic rings. The highest BCUT2D eigenvalue weighted by Crippen LogP contribution is 2.44. The molecule has 1 aromatic carbocycles. The zero-order valence-corrected chi connectivity index (χ0v) is 31.6. The molecule has 12 heteroatoms. The number of pyridine rings is 1. The molecule has 3 atom stereocenters. The van der Waals surface area contributed by atoms with Crippen molar-refractivity contribution in [3.8, 4) is 0 Å². The summed E-state index contributed by atoms with van der Waals surface area (Å²) in [4.78, 5) is 41.1. The molecule has 10 nitrogen and oxygen atoms in total. The largest absolute Gasteiger partial charge is 0.444 e. The van der Waals surface area contributed by atoms with Crippen LogP contribution in [0.25, 0.3) is 5.52 Å². The molecular weight excluding hydrogens is 691 g/mol. The molecule has 49 heavy (non-hydrogen) atoms. The number of halogens is 2. The lowest BCUT2D eigenvalue weighted by Crippen LogP contribution is -2.64. The van der Waals surface area contributed by atoms with E-state index in [4.69, 9.17) is 14.5 Å². The Labute approximate surface area is 297 Å². The van der Waals surface area contributed by atoms with Gasteiger partial charge in [-0.15, -0.1) is 0 Å². The molecule has 0 unspecified atom stereocenters. The second-order valence-corrected chi connectivity index (χ2v) is 16.4. The van der Waals surface area contributed by atoms with E-state index in [1.54, 1.807) is 12.1 Å². The van der Waals surface area contributed by atoms with Crippen LogP contribution in [0.5, 0.6) is 0 Å². The smallest absolute Gasteiger partial charge is 0.410 e. The van der Waals surface area contributed by atoms with Crippen LogP contribution in [0.1, 0.15) is 71.1 Å². The van der Waals surface area contributed by atoms with E-state index in [1.165, 1.54) is 12.1 Å². The van der Waals surface area contributed by atoms with E-state index in [-0.39, 0.29) is 47.9 Å². The Hall–Kier alpha value is -3.06. The Morgan fingerprint density at radius 2 is 1.82 bits per heavy atom. The number of aromatic nitrogens is 2. The summed E-state index contributed by atoms with van der Waals surface area (Å²) in [7, 11) is 0. The van der Waals surface area contributed by atoms with Crippen LogP contribution in [0.15, 0.2) is 34.9 Å². The monoisotopic (exact) mass is 740 g/mol. The predicted molar refractivity (Wildman–Crippen MR) is 192 cm³/mol. The average Bonchev–Trinajstić information content (AvgIpc) is 3.46. The van der Waals surface area contributed by atoms with Crippen molar-refractivity contribution in [3.05, 3.63) is 63.4 Å². The van der Waals surface area contributed by atoms with Crippen molar-refractivity contribution in [1.29, 1.82) is 0 Å². The van der Waals surface area contributed by atoms with E-state index in [9.17, 15) is 14.0 Å². The van der Waals surface area contributed by atoms with Gasteiger partial charge in [0.1, 0.15) is 21.8 Å². The van der Waals surface area contributed by atoms with Gasteiger partial charge in [-0.1, -0.05) is 26.0 Å². The second-order valence-electron chi connectivity index (χ2n) is 15.7. The summed E-state index contributed by atoms with van der Waals surface area (Å²) >= 11 is 3.71. The zero-order chi connectivity index (χ0) is 35.4. The van der Waals surface area contributed by atoms with Gasteiger partial charge in [0.15, 0.2) is 0 Å². The number of carbonyl (C=O) groups is 2. The molecule has 2 fully saturated rings. The van der Waals surface area contributed by atoms with E-state index in [0.717, 1.165) is 51.5 Å². The quantitative estimate of drug-likeness (QED) is 0.317. The molecule has 0 aliphatic carbocycles. The van der Waals surface area contributed by atoms with Crippen LogP contribution in [-0.2, 0) is 26.1 Å². The zero-order valence-electron chi connectivity index (χ0n) is 30.1. The Kier molecular flexibility index (Phi) is 9.91. The third kappa shape index (κ3) is 7.38. The summed E-state index contributed by atoms with van der Waals surface area (Å²) in [5, 5.41) is 0. The van der Waals surface area contributed by atoms with Crippen molar-refractivity contribution in [2.24, 2.45) is 0 Å². The van der Waals surface area contributed by atoms with E-state index in [2.05, 4.69) is 57.0 Å². The first-order valence-electron chi connectivity index (χ1n) is 17.3. The number of fused-ring (bicyclic) bond motifs is 3. The number of ether oxygens (including phenoxy) is 2. The second kappa shape index (κ2) is 13.6. The Bertz CT molecular complexity index is 1720. The fourth-order valence-corrected chi connectivity index (χ4v) is 8.36. The van der Waals surface area contributed by atoms with Gasteiger partial charge >= 0.3 is 6.09 Å². The van der Waals surface area contributed by atoms with E-state index in [0.29, 0.717) is 39.3 Å². The number of nitrogens with zero attached hydrogens (tertiary/aromatic N) is 6. The summed E-state index contributed by atoms with van der Waals surface area (Å²) in [6.07, 6.45) is 0.244. The van der Waals surface area contributed by atoms with Gasteiger partial charge < -0.3 is 19.3 Å². The van der Waals surface area contributed by atoms with Crippen molar-refractivity contribution < 1.29 is 23.5 Å². The maximum Gasteiger partial charge on any atom is 0.410 e. The minimum Gasteiger partial charge on any atom is -0.444 e. The van der Waals surface area contributed by atoms with Gasteiger partial charge in [-0.3, -0.25) is 19.0 Å². The minimum atomic E-state index is -0.599. The lowest BCUT2D eigenvalue weighted by molar-refractivity contribution is -0.121. The maximum atomic E-state index is 14.6. The topological polar surface area (TPSA) is 82.9 Å². The fourth-order valence-electron chi connectivity index (χ4n) is 7.67. The van der Waals surface area contributed by atoms with Gasteiger partial charge in [-0.2, -0.15) is 0 Å². The Morgan fingerprint density at radius 1 is 1.10 bits per heavy atom. The van der Waals surface area contributed by atoms with E-state index in [1.807, 2.05) is 44.4 Å². The summed E-state index contributed by atoms with van der Waals surface area (Å²) in [6, 6.07) is 8.74. The third-order valence-electron chi connectivity index (χ3n) is 10.0. The number of benzene rings is 1. The van der Waals surface area contributed by atoms with Crippen molar-refractivity contribution in [1.82, 2.24) is 24.1 Å². The Morgan fingerprint density at radius 3 is 2.49 bits per heavy atom. The molecule has 0 spiro atoms. The number of carbonyl (C=O) groups excluding carboxylic acids is 2. The highest BCUT2D eigenvalue weighted by atomic mass is 79.9. The Balaban J connectivity index is 1.32. The normalized spacial score (nSPS) is 23.3. The molecule has 3 aromatic rings. The van der Waals surface area contributed by atoms with Crippen LogP contribution in [0.4, 0.5) is 14.9 Å². The van der Waals surface area contributed by atoms with Gasteiger partial charge in [0.05, 0.1) is 36.7 Å². The number of morpholine rings is 1. The van der Waals surface area contributed by atoms with Crippen molar-refractivity contribution in [2.45, 2.75) is 91.0 Å². The first-order valence-corrected chi connectivity index (χ1v) is 18.1. The molecule has 0 N–H and O–H groups in total. The number of aryl methyl sites for hydroxylation is 1. The van der Waals surface area contributed by atoms with Crippen molar-refractivity contribution in [3.63, 3.8) is 0 Å². The molecule has 0 radical (unpaired) electrons. The average molecular weight is 742 g/mol. The van der Waals surface area contributed by atoms with Crippen molar-refractivity contribution in [2.75, 3.05) is 57.4 Å². The molecule has 266 valence electrons. The van der Waals surface area contributed by atoms with E-state index >= 15 is 0 Å². The molecule has 0 bridgehead atoms. The minimum absolute atomic E-state index is 0.0219. The molecular formula is C37H50BrFN6O4. The predicted octanol–water partition coefficient (Wildman–Crippen LogP) is 5.79. The molecule has 2 amide bonds. The molecule has 5 heterocycles. The highest BCUT2D eigenvalue weighted by molar-refractivity contribution is 9.10.